The van der Waals surface area contributed by atoms with Crippen LogP contribution in [0.3, 0.4) is 0 Å². The van der Waals surface area contributed by atoms with Crippen molar-refractivity contribution in [1.29, 1.82) is 0 Å². The van der Waals surface area contributed by atoms with Crippen LogP contribution in [0.25, 0.3) is 0 Å². The van der Waals surface area contributed by atoms with E-state index in [-0.39, 0.29) is 6.04 Å². The molecule has 1 aromatic heterocycles. The quantitative estimate of drug-likeness (QED) is 0.890. The Kier molecular flexibility index (Phi) is 4.10. The van der Waals surface area contributed by atoms with Gasteiger partial charge in [-0.05, 0) is 33.6 Å². The number of aromatic nitrogens is 1. The Morgan fingerprint density at radius 1 is 1.63 bits per heavy atom. The highest BCUT2D eigenvalue weighted by atomic mass is 32.1. The zero-order valence-electron chi connectivity index (χ0n) is 11.6. The molecule has 1 aliphatic carbocycles. The second kappa shape index (κ2) is 5.46. The lowest BCUT2D eigenvalue weighted by atomic mass is 10.2. The van der Waals surface area contributed by atoms with Crippen molar-refractivity contribution in [3.8, 4) is 0 Å². The molecule has 0 radical (unpaired) electrons. The van der Waals surface area contributed by atoms with Crippen LogP contribution < -0.4 is 11.1 Å². The van der Waals surface area contributed by atoms with E-state index in [2.05, 4.69) is 10.3 Å². The van der Waals surface area contributed by atoms with Gasteiger partial charge in [-0.2, -0.15) is 0 Å². The number of ether oxygens (including phenoxy) is 1. The van der Waals surface area contributed by atoms with E-state index in [0.717, 1.165) is 10.7 Å². The van der Waals surface area contributed by atoms with E-state index < -0.39 is 11.7 Å². The molecule has 1 atom stereocenters. The fourth-order valence-electron chi connectivity index (χ4n) is 1.68. The molecule has 0 bridgehead atoms. The third-order valence-electron chi connectivity index (χ3n) is 2.75. The highest BCUT2D eigenvalue weighted by molar-refractivity contribution is 7.09. The number of hydrogen-bond donors (Lipinski definition) is 2. The molecule has 0 saturated heterocycles. The molecule has 3 N–H and O–H groups in total. The van der Waals surface area contributed by atoms with E-state index in [1.54, 1.807) is 11.3 Å². The van der Waals surface area contributed by atoms with Crippen LogP contribution in [0.5, 0.6) is 0 Å². The summed E-state index contributed by atoms with van der Waals surface area (Å²) in [4.78, 5) is 16.3. The Hall–Kier alpha value is -1.14. The highest BCUT2D eigenvalue weighted by Crippen LogP contribution is 2.41. The van der Waals surface area contributed by atoms with Crippen LogP contribution in [0.15, 0.2) is 5.38 Å². The standard InChI is InChI=1S/C13H21N3O2S/c1-13(2,3)18-12(17)16-9(6-14)10-7-19-11(15-10)8-4-5-8/h7-9H,4-6,14H2,1-3H3,(H,16,17). The Morgan fingerprint density at radius 3 is 2.84 bits per heavy atom. The Morgan fingerprint density at radius 2 is 2.32 bits per heavy atom. The van der Waals surface area contributed by atoms with Crippen LogP contribution in [-0.4, -0.2) is 23.2 Å². The van der Waals surface area contributed by atoms with Crippen LogP contribution in [0.2, 0.25) is 0 Å². The maximum absolute atomic E-state index is 11.7. The number of amides is 1. The van der Waals surface area contributed by atoms with Gasteiger partial charge in [0.05, 0.1) is 16.7 Å². The number of nitrogens with zero attached hydrogens (tertiary/aromatic N) is 1. The predicted molar refractivity (Wildman–Crippen MR) is 75.3 cm³/mol. The molecular weight excluding hydrogens is 262 g/mol. The van der Waals surface area contributed by atoms with E-state index in [1.165, 1.54) is 12.8 Å². The number of hydrogen-bond acceptors (Lipinski definition) is 5. The normalized spacial score (nSPS) is 17.1. The van der Waals surface area contributed by atoms with Gasteiger partial charge in [-0.1, -0.05) is 0 Å². The van der Waals surface area contributed by atoms with Crippen LogP contribution >= 0.6 is 11.3 Å². The minimum absolute atomic E-state index is 0.279. The zero-order valence-corrected chi connectivity index (χ0v) is 12.4. The lowest BCUT2D eigenvalue weighted by molar-refractivity contribution is 0.0504. The first-order valence-electron chi connectivity index (χ1n) is 6.54. The highest BCUT2D eigenvalue weighted by Gasteiger charge is 2.28. The summed E-state index contributed by atoms with van der Waals surface area (Å²) in [6.45, 7) is 5.81. The van der Waals surface area contributed by atoms with E-state index in [0.29, 0.717) is 12.5 Å². The molecule has 0 aliphatic heterocycles. The van der Waals surface area contributed by atoms with Crippen LogP contribution in [0.1, 0.15) is 56.3 Å². The third-order valence-corrected chi connectivity index (χ3v) is 3.78. The molecule has 0 spiro atoms. The molecule has 2 rings (SSSR count). The van der Waals surface area contributed by atoms with Crippen molar-refractivity contribution in [3.63, 3.8) is 0 Å². The molecule has 1 unspecified atom stereocenters. The van der Waals surface area contributed by atoms with Gasteiger partial charge in [-0.15, -0.1) is 11.3 Å². The molecule has 6 heteroatoms. The lowest BCUT2D eigenvalue weighted by Crippen LogP contribution is -2.37. The summed E-state index contributed by atoms with van der Waals surface area (Å²) in [5.74, 6) is 0.624. The van der Waals surface area contributed by atoms with Gasteiger partial charge in [0.2, 0.25) is 0 Å². The molecular formula is C13H21N3O2S. The van der Waals surface area contributed by atoms with Crippen molar-refractivity contribution in [2.75, 3.05) is 6.54 Å². The first-order valence-corrected chi connectivity index (χ1v) is 7.42. The minimum Gasteiger partial charge on any atom is -0.444 e. The molecule has 19 heavy (non-hydrogen) atoms. The fraction of sp³-hybridized carbons (Fsp3) is 0.692. The smallest absolute Gasteiger partial charge is 0.408 e. The summed E-state index contributed by atoms with van der Waals surface area (Å²) in [7, 11) is 0. The van der Waals surface area contributed by atoms with Gasteiger partial charge in [0.25, 0.3) is 0 Å². The van der Waals surface area contributed by atoms with Crippen molar-refractivity contribution in [2.24, 2.45) is 5.73 Å². The van der Waals surface area contributed by atoms with Crippen molar-refractivity contribution in [2.45, 2.75) is 51.2 Å². The van der Waals surface area contributed by atoms with Gasteiger partial charge in [0, 0.05) is 17.8 Å². The van der Waals surface area contributed by atoms with Gasteiger partial charge in [0.15, 0.2) is 0 Å². The molecule has 1 heterocycles. The summed E-state index contributed by atoms with van der Waals surface area (Å²) >= 11 is 1.65. The first-order chi connectivity index (χ1) is 8.89. The number of alkyl carbamates (subject to hydrolysis) is 1. The van der Waals surface area contributed by atoms with E-state index >= 15 is 0 Å². The van der Waals surface area contributed by atoms with Crippen molar-refractivity contribution < 1.29 is 9.53 Å². The molecule has 1 aromatic rings. The van der Waals surface area contributed by atoms with Gasteiger partial charge in [-0.3, -0.25) is 0 Å². The summed E-state index contributed by atoms with van der Waals surface area (Å²) in [6.07, 6.45) is 1.99. The molecule has 1 aliphatic rings. The van der Waals surface area contributed by atoms with Gasteiger partial charge in [0.1, 0.15) is 5.60 Å². The van der Waals surface area contributed by atoms with Crippen molar-refractivity contribution in [1.82, 2.24) is 10.3 Å². The molecule has 1 fully saturated rings. The molecule has 5 nitrogen and oxygen atoms in total. The SMILES string of the molecule is CC(C)(C)OC(=O)NC(CN)c1csc(C2CC2)n1. The van der Waals surface area contributed by atoms with Crippen molar-refractivity contribution in [3.05, 3.63) is 16.1 Å². The zero-order chi connectivity index (χ0) is 14.0. The van der Waals surface area contributed by atoms with Crippen LogP contribution in [0, 0.1) is 0 Å². The number of rotatable bonds is 4. The Bertz CT molecular complexity index is 449. The predicted octanol–water partition coefficient (Wildman–Crippen LogP) is 2.55. The van der Waals surface area contributed by atoms with E-state index in [9.17, 15) is 4.79 Å². The van der Waals surface area contributed by atoms with Crippen molar-refractivity contribution >= 4 is 17.4 Å². The second-order valence-electron chi connectivity index (χ2n) is 5.82. The largest absolute Gasteiger partial charge is 0.444 e. The monoisotopic (exact) mass is 283 g/mol. The number of thiazole rings is 1. The third kappa shape index (κ3) is 4.18. The Labute approximate surface area is 117 Å². The van der Waals surface area contributed by atoms with Gasteiger partial charge in [-0.25, -0.2) is 9.78 Å². The summed E-state index contributed by atoms with van der Waals surface area (Å²) < 4.78 is 5.23. The maximum Gasteiger partial charge on any atom is 0.408 e. The maximum atomic E-state index is 11.7. The fourth-order valence-corrected chi connectivity index (χ4v) is 2.73. The molecule has 1 amide bonds. The summed E-state index contributed by atoms with van der Waals surface area (Å²) in [6, 6.07) is -0.279. The van der Waals surface area contributed by atoms with Gasteiger partial charge < -0.3 is 15.8 Å². The number of nitrogens with two attached hydrogens (primary N) is 1. The molecule has 0 aromatic carbocycles. The Balaban J connectivity index is 1.96. The second-order valence-corrected chi connectivity index (χ2v) is 6.71. The lowest BCUT2D eigenvalue weighted by Gasteiger charge is -2.22. The number of carbonyl (C=O) groups excluding carboxylic acids is 1. The number of nitrogens with one attached hydrogen (secondary N) is 1. The minimum atomic E-state index is -0.509. The molecule has 106 valence electrons. The average molecular weight is 283 g/mol. The number of carbonyl (C=O) groups is 1. The average Bonchev–Trinajstić information content (AvgIpc) is 3.02. The van der Waals surface area contributed by atoms with E-state index in [4.69, 9.17) is 10.5 Å². The first kappa shape index (κ1) is 14.3. The van der Waals surface area contributed by atoms with Crippen LogP contribution in [-0.2, 0) is 4.74 Å². The summed E-state index contributed by atoms with van der Waals surface area (Å²) in [5.41, 5.74) is 6.04. The van der Waals surface area contributed by atoms with Crippen LogP contribution in [0.4, 0.5) is 4.79 Å². The van der Waals surface area contributed by atoms with E-state index in [1.807, 2.05) is 26.2 Å². The van der Waals surface area contributed by atoms with Gasteiger partial charge >= 0.3 is 6.09 Å². The summed E-state index contributed by atoms with van der Waals surface area (Å²) in [5, 5.41) is 5.90. The molecule has 1 saturated carbocycles. The topological polar surface area (TPSA) is 77.2 Å².